The molecule has 1 aromatic rings. The Morgan fingerprint density at radius 1 is 1.00 bits per heavy atom. The molecule has 0 heterocycles. The Bertz CT molecular complexity index is 549. The van der Waals surface area contributed by atoms with E-state index in [1.54, 1.807) is 13.8 Å². The van der Waals surface area contributed by atoms with Crippen molar-refractivity contribution in [3.8, 4) is 0 Å². The Kier molecular flexibility index (Phi) is 9.69. The number of nitrogens with zero attached hydrogens (tertiary/aromatic N) is 1. The first-order valence-corrected chi connectivity index (χ1v) is 8.75. The van der Waals surface area contributed by atoms with Gasteiger partial charge in [0.25, 0.3) is 0 Å². The second-order valence-electron chi connectivity index (χ2n) is 6.33. The summed E-state index contributed by atoms with van der Waals surface area (Å²) in [6, 6.07) is 7.79. The fourth-order valence-electron chi connectivity index (χ4n) is 2.50. The number of hydrogen-bond acceptors (Lipinski definition) is 7. The van der Waals surface area contributed by atoms with Crippen LogP contribution in [0, 0.1) is 18.8 Å². The molecular weight excluding hydrogens is 338 g/mol. The molecule has 1 aromatic carbocycles. The number of benzene rings is 1. The molecule has 2 N–H and O–H groups in total. The summed E-state index contributed by atoms with van der Waals surface area (Å²) < 4.78 is 9.97. The van der Waals surface area contributed by atoms with Gasteiger partial charge in [-0.05, 0) is 24.6 Å². The minimum Gasteiger partial charge on any atom is -0.463 e. The Hall–Kier alpha value is -2.12. The molecule has 0 bridgehead atoms. The van der Waals surface area contributed by atoms with Crippen molar-refractivity contribution < 1.29 is 29.3 Å². The molecule has 0 aliphatic heterocycles. The third kappa shape index (κ3) is 7.41. The van der Waals surface area contributed by atoms with Gasteiger partial charge in [-0.3, -0.25) is 9.59 Å². The molecule has 0 spiro atoms. The molecule has 2 unspecified atom stereocenters. The first kappa shape index (κ1) is 21.9. The summed E-state index contributed by atoms with van der Waals surface area (Å²) in [5.41, 5.74) is 1.96. The molecule has 0 fully saturated rings. The zero-order valence-electron chi connectivity index (χ0n) is 15.7. The van der Waals surface area contributed by atoms with Crippen LogP contribution in [0.1, 0.15) is 19.4 Å². The SMILES string of the molecule is Cc1cccc(N(CC(C)C(=O)OCCO)CC(C)C(=O)OCCO)c1. The Balaban J connectivity index is 2.85. The summed E-state index contributed by atoms with van der Waals surface area (Å²) in [6.07, 6.45) is 0. The van der Waals surface area contributed by atoms with Crippen molar-refractivity contribution in [1.82, 2.24) is 0 Å². The average molecular weight is 367 g/mol. The van der Waals surface area contributed by atoms with Crippen LogP contribution in [0.25, 0.3) is 0 Å². The van der Waals surface area contributed by atoms with Crippen molar-refractivity contribution in [1.29, 1.82) is 0 Å². The zero-order chi connectivity index (χ0) is 19.5. The predicted octanol–water partition coefficient (Wildman–Crippen LogP) is 1.14. The van der Waals surface area contributed by atoms with Crippen molar-refractivity contribution in [3.05, 3.63) is 29.8 Å². The molecule has 2 atom stereocenters. The van der Waals surface area contributed by atoms with Crippen LogP contribution in [-0.2, 0) is 19.1 Å². The first-order chi connectivity index (χ1) is 12.4. The van der Waals surface area contributed by atoms with Crippen molar-refractivity contribution >= 4 is 17.6 Å². The summed E-state index contributed by atoms with van der Waals surface area (Å²) in [5, 5.41) is 17.6. The Labute approximate surface area is 154 Å². The van der Waals surface area contributed by atoms with Gasteiger partial charge in [-0.15, -0.1) is 0 Å². The van der Waals surface area contributed by atoms with E-state index in [1.165, 1.54) is 0 Å². The highest BCUT2D eigenvalue weighted by Gasteiger charge is 2.23. The van der Waals surface area contributed by atoms with Gasteiger partial charge in [0.2, 0.25) is 0 Å². The quantitative estimate of drug-likeness (QED) is 0.566. The summed E-state index contributed by atoms with van der Waals surface area (Å²) in [7, 11) is 0. The fraction of sp³-hybridized carbons (Fsp3) is 0.579. The van der Waals surface area contributed by atoms with Gasteiger partial charge in [-0.25, -0.2) is 0 Å². The second kappa shape index (κ2) is 11.5. The van der Waals surface area contributed by atoms with Gasteiger partial charge in [0.05, 0.1) is 25.0 Å². The van der Waals surface area contributed by atoms with Crippen molar-refractivity contribution in [3.63, 3.8) is 0 Å². The maximum absolute atomic E-state index is 12.0. The fourth-order valence-corrected chi connectivity index (χ4v) is 2.50. The molecule has 26 heavy (non-hydrogen) atoms. The maximum atomic E-state index is 12.0. The predicted molar refractivity (Wildman–Crippen MR) is 97.8 cm³/mol. The average Bonchev–Trinajstić information content (AvgIpc) is 2.63. The van der Waals surface area contributed by atoms with Crippen molar-refractivity contribution in [2.75, 3.05) is 44.4 Å². The lowest BCUT2D eigenvalue weighted by Crippen LogP contribution is -2.38. The van der Waals surface area contributed by atoms with Crippen LogP contribution in [0.15, 0.2) is 24.3 Å². The third-order valence-corrected chi connectivity index (χ3v) is 3.83. The number of aliphatic hydroxyl groups excluding tert-OH is 2. The van der Waals surface area contributed by atoms with Gasteiger partial charge in [-0.1, -0.05) is 26.0 Å². The lowest BCUT2D eigenvalue weighted by atomic mass is 10.1. The molecule has 0 aliphatic rings. The van der Waals surface area contributed by atoms with Gasteiger partial charge >= 0.3 is 11.9 Å². The van der Waals surface area contributed by atoms with Crippen LogP contribution >= 0.6 is 0 Å². The second-order valence-corrected chi connectivity index (χ2v) is 6.33. The standard InChI is InChI=1S/C19H29NO6/c1-14-5-4-6-17(11-14)20(12-15(2)18(23)25-9-7-21)13-16(3)19(24)26-10-8-22/h4-6,11,15-16,21-22H,7-10,12-13H2,1-3H3. The highest BCUT2D eigenvalue weighted by Crippen LogP contribution is 2.20. The van der Waals surface area contributed by atoms with Gasteiger partial charge in [0.1, 0.15) is 13.2 Å². The molecule has 0 radical (unpaired) electrons. The van der Waals surface area contributed by atoms with Crippen LogP contribution in [0.3, 0.4) is 0 Å². The number of hydrogen-bond donors (Lipinski definition) is 2. The van der Waals surface area contributed by atoms with Gasteiger partial charge in [0, 0.05) is 18.8 Å². The molecule has 0 saturated carbocycles. The van der Waals surface area contributed by atoms with E-state index in [2.05, 4.69) is 0 Å². The van der Waals surface area contributed by atoms with E-state index in [4.69, 9.17) is 19.7 Å². The summed E-state index contributed by atoms with van der Waals surface area (Å²) >= 11 is 0. The summed E-state index contributed by atoms with van der Waals surface area (Å²) in [5.74, 6) is -1.65. The van der Waals surface area contributed by atoms with Crippen LogP contribution in [-0.4, -0.2) is 61.7 Å². The van der Waals surface area contributed by atoms with Gasteiger partial charge in [0.15, 0.2) is 0 Å². The van der Waals surface area contributed by atoms with Crippen molar-refractivity contribution in [2.24, 2.45) is 11.8 Å². The van der Waals surface area contributed by atoms with Crippen molar-refractivity contribution in [2.45, 2.75) is 20.8 Å². The van der Waals surface area contributed by atoms with Crippen LogP contribution in [0.4, 0.5) is 5.69 Å². The summed E-state index contributed by atoms with van der Waals surface area (Å²) in [6.45, 7) is 5.71. The van der Waals surface area contributed by atoms with Crippen LogP contribution in [0.5, 0.6) is 0 Å². The minimum absolute atomic E-state index is 0.0303. The van der Waals surface area contributed by atoms with E-state index in [1.807, 2.05) is 36.1 Å². The number of rotatable bonds is 11. The molecule has 7 nitrogen and oxygen atoms in total. The number of anilines is 1. The van der Waals surface area contributed by atoms with E-state index in [0.29, 0.717) is 13.1 Å². The molecule has 0 amide bonds. The van der Waals surface area contributed by atoms with Crippen LogP contribution < -0.4 is 4.90 Å². The molecule has 0 aromatic heterocycles. The molecule has 146 valence electrons. The number of esters is 2. The van der Waals surface area contributed by atoms with Gasteiger partial charge in [-0.2, -0.15) is 0 Å². The first-order valence-electron chi connectivity index (χ1n) is 8.75. The topological polar surface area (TPSA) is 96.3 Å². The molecular formula is C19H29NO6. The van der Waals surface area contributed by atoms with E-state index < -0.39 is 23.8 Å². The number of aliphatic hydroxyl groups is 2. The Morgan fingerprint density at radius 2 is 1.50 bits per heavy atom. The normalized spacial score (nSPS) is 13.0. The number of aryl methyl sites for hydroxylation is 1. The van der Waals surface area contributed by atoms with E-state index in [-0.39, 0.29) is 26.4 Å². The van der Waals surface area contributed by atoms with E-state index in [9.17, 15) is 9.59 Å². The van der Waals surface area contributed by atoms with E-state index >= 15 is 0 Å². The molecule has 0 saturated heterocycles. The smallest absolute Gasteiger partial charge is 0.310 e. The van der Waals surface area contributed by atoms with Crippen LogP contribution in [0.2, 0.25) is 0 Å². The highest BCUT2D eigenvalue weighted by atomic mass is 16.5. The highest BCUT2D eigenvalue weighted by molar-refractivity contribution is 5.74. The summed E-state index contributed by atoms with van der Waals surface area (Å²) in [4.78, 5) is 26.0. The van der Waals surface area contributed by atoms with Gasteiger partial charge < -0.3 is 24.6 Å². The Morgan fingerprint density at radius 3 is 1.92 bits per heavy atom. The lowest BCUT2D eigenvalue weighted by Gasteiger charge is -2.29. The molecule has 7 heteroatoms. The number of carbonyl (C=O) groups is 2. The zero-order valence-corrected chi connectivity index (χ0v) is 15.7. The van der Waals surface area contributed by atoms with E-state index in [0.717, 1.165) is 11.3 Å². The molecule has 0 aliphatic carbocycles. The number of ether oxygens (including phenoxy) is 2. The minimum atomic E-state index is -0.428. The number of carbonyl (C=O) groups excluding carboxylic acids is 2. The molecule has 1 rings (SSSR count). The largest absolute Gasteiger partial charge is 0.463 e. The third-order valence-electron chi connectivity index (χ3n) is 3.83. The monoisotopic (exact) mass is 367 g/mol. The maximum Gasteiger partial charge on any atom is 0.310 e. The lowest BCUT2D eigenvalue weighted by molar-refractivity contribution is -0.148.